The minimum atomic E-state index is -1.03. The predicted octanol–water partition coefficient (Wildman–Crippen LogP) is 2.12. The lowest BCUT2D eigenvalue weighted by Gasteiger charge is -2.32. The number of nitrogens with zero attached hydrogens (tertiary/aromatic N) is 4. The van der Waals surface area contributed by atoms with Crippen LogP contribution in [0.2, 0.25) is 0 Å². The number of halogens is 1. The van der Waals surface area contributed by atoms with Crippen molar-refractivity contribution in [2.45, 2.75) is 38.3 Å². The zero-order valence-corrected chi connectivity index (χ0v) is 13.8. The number of likely N-dealkylation sites (tertiary alicyclic amines) is 1. The van der Waals surface area contributed by atoms with Gasteiger partial charge in [0.15, 0.2) is 0 Å². The van der Waals surface area contributed by atoms with Crippen LogP contribution in [0.1, 0.15) is 48.8 Å². The molecule has 3 rings (SSSR count). The fraction of sp³-hybridized carbons (Fsp3) is 0.471. The third-order valence-corrected chi connectivity index (χ3v) is 4.37. The summed E-state index contributed by atoms with van der Waals surface area (Å²) in [5.74, 6) is -0.766. The van der Waals surface area contributed by atoms with Gasteiger partial charge >= 0.3 is 0 Å². The maximum absolute atomic E-state index is 13.8. The highest BCUT2D eigenvalue weighted by atomic mass is 19.1. The number of carbonyl (C=O) groups excluding carboxylic acids is 1. The predicted molar refractivity (Wildman–Crippen MR) is 85.8 cm³/mol. The average Bonchev–Trinajstić information content (AvgIpc) is 3.05. The Labute approximate surface area is 139 Å². The van der Waals surface area contributed by atoms with Crippen molar-refractivity contribution in [3.63, 3.8) is 0 Å². The van der Waals surface area contributed by atoms with Gasteiger partial charge in [0.25, 0.3) is 5.91 Å². The molecule has 1 saturated heterocycles. The van der Waals surface area contributed by atoms with Crippen molar-refractivity contribution >= 4 is 5.91 Å². The number of carbonyl (C=O) groups is 1. The fourth-order valence-corrected chi connectivity index (χ4v) is 2.87. The van der Waals surface area contributed by atoms with E-state index >= 15 is 0 Å². The number of piperidine rings is 1. The zero-order chi connectivity index (χ0) is 17.3. The second kappa shape index (κ2) is 6.32. The van der Waals surface area contributed by atoms with Crippen LogP contribution in [0.3, 0.4) is 0 Å². The van der Waals surface area contributed by atoms with Crippen LogP contribution in [0.4, 0.5) is 4.39 Å². The fourth-order valence-electron chi connectivity index (χ4n) is 2.87. The molecule has 6 nitrogen and oxygen atoms in total. The standard InChI is InChI=1S/C17H21FN4O2/c1-17(2,24)15-11-22(20-19-15)12-7-9-21(10-8-12)16(23)13-5-3-4-6-14(13)18/h3-6,11-12,24H,7-10H2,1-2H3. The van der Waals surface area contributed by atoms with Gasteiger partial charge in [-0.15, -0.1) is 5.10 Å². The molecule has 128 valence electrons. The quantitative estimate of drug-likeness (QED) is 0.934. The van der Waals surface area contributed by atoms with Gasteiger partial charge in [-0.3, -0.25) is 4.79 Å². The van der Waals surface area contributed by atoms with Crippen molar-refractivity contribution in [1.29, 1.82) is 0 Å². The Morgan fingerprint density at radius 2 is 1.96 bits per heavy atom. The van der Waals surface area contributed by atoms with Gasteiger partial charge in [0.1, 0.15) is 17.1 Å². The van der Waals surface area contributed by atoms with Gasteiger partial charge in [-0.25, -0.2) is 9.07 Å². The largest absolute Gasteiger partial charge is 0.384 e. The molecule has 0 atom stereocenters. The van der Waals surface area contributed by atoms with Crippen LogP contribution in [-0.4, -0.2) is 44.0 Å². The number of rotatable bonds is 3. The molecule has 0 saturated carbocycles. The smallest absolute Gasteiger partial charge is 0.256 e. The van der Waals surface area contributed by atoms with E-state index < -0.39 is 11.4 Å². The molecule has 0 unspecified atom stereocenters. The minimum absolute atomic E-state index is 0.112. The highest BCUT2D eigenvalue weighted by Crippen LogP contribution is 2.25. The normalized spacial score (nSPS) is 16.4. The summed E-state index contributed by atoms with van der Waals surface area (Å²) >= 11 is 0. The topological polar surface area (TPSA) is 71.2 Å². The molecule has 0 radical (unpaired) electrons. The van der Waals surface area contributed by atoms with Crippen molar-refractivity contribution < 1.29 is 14.3 Å². The van der Waals surface area contributed by atoms with Crippen LogP contribution in [0.25, 0.3) is 0 Å². The lowest BCUT2D eigenvalue weighted by molar-refractivity contribution is 0.0684. The Balaban J connectivity index is 1.65. The maximum Gasteiger partial charge on any atom is 0.256 e. The van der Waals surface area contributed by atoms with Crippen LogP contribution in [-0.2, 0) is 5.60 Å². The van der Waals surface area contributed by atoms with Gasteiger partial charge in [-0.2, -0.15) is 0 Å². The van der Waals surface area contributed by atoms with Gasteiger partial charge in [-0.1, -0.05) is 17.3 Å². The Bertz CT molecular complexity index is 730. The Morgan fingerprint density at radius 1 is 1.29 bits per heavy atom. The van der Waals surface area contributed by atoms with E-state index in [1.54, 1.807) is 41.8 Å². The van der Waals surface area contributed by atoms with Crippen LogP contribution < -0.4 is 0 Å². The number of hydrogen-bond donors (Lipinski definition) is 1. The first kappa shape index (κ1) is 16.6. The molecule has 1 aliphatic rings. The molecule has 1 N–H and O–H groups in total. The van der Waals surface area contributed by atoms with E-state index in [1.807, 2.05) is 0 Å². The van der Waals surface area contributed by atoms with Gasteiger partial charge in [0, 0.05) is 13.1 Å². The lowest BCUT2D eigenvalue weighted by Crippen LogP contribution is -2.39. The van der Waals surface area contributed by atoms with Crippen molar-refractivity contribution in [2.75, 3.05) is 13.1 Å². The van der Waals surface area contributed by atoms with E-state index in [0.29, 0.717) is 18.8 Å². The number of benzene rings is 1. The van der Waals surface area contributed by atoms with E-state index in [2.05, 4.69) is 10.3 Å². The Kier molecular flexibility index (Phi) is 4.36. The van der Waals surface area contributed by atoms with Crippen molar-refractivity contribution in [3.05, 3.63) is 47.5 Å². The molecule has 1 fully saturated rings. The summed E-state index contributed by atoms with van der Waals surface area (Å²) in [6.07, 6.45) is 3.18. The Morgan fingerprint density at radius 3 is 2.54 bits per heavy atom. The molecule has 7 heteroatoms. The third kappa shape index (κ3) is 3.31. The summed E-state index contributed by atoms with van der Waals surface area (Å²) in [5, 5.41) is 18.1. The monoisotopic (exact) mass is 332 g/mol. The summed E-state index contributed by atoms with van der Waals surface area (Å²) in [4.78, 5) is 14.1. The number of amides is 1. The average molecular weight is 332 g/mol. The van der Waals surface area contributed by atoms with Gasteiger partial charge in [-0.05, 0) is 38.8 Å². The second-order valence-electron chi connectivity index (χ2n) is 6.65. The summed E-state index contributed by atoms with van der Waals surface area (Å²) in [5.41, 5.74) is -0.395. The summed E-state index contributed by atoms with van der Waals surface area (Å²) in [6, 6.07) is 6.17. The highest BCUT2D eigenvalue weighted by molar-refractivity contribution is 5.94. The van der Waals surface area contributed by atoms with Crippen molar-refractivity contribution in [1.82, 2.24) is 19.9 Å². The van der Waals surface area contributed by atoms with Gasteiger partial charge < -0.3 is 10.0 Å². The molecule has 0 bridgehead atoms. The molecule has 1 aromatic carbocycles. The summed E-state index contributed by atoms with van der Waals surface area (Å²) in [6.45, 7) is 4.40. The van der Waals surface area contributed by atoms with Crippen LogP contribution in [0.5, 0.6) is 0 Å². The Hall–Kier alpha value is -2.28. The molecule has 0 aliphatic carbocycles. The van der Waals surface area contributed by atoms with Crippen molar-refractivity contribution in [3.8, 4) is 0 Å². The van der Waals surface area contributed by atoms with E-state index in [9.17, 15) is 14.3 Å². The molecule has 0 spiro atoms. The van der Waals surface area contributed by atoms with Crippen LogP contribution in [0.15, 0.2) is 30.5 Å². The van der Waals surface area contributed by atoms with E-state index in [-0.39, 0.29) is 17.5 Å². The summed E-state index contributed by atoms with van der Waals surface area (Å²) < 4.78 is 15.5. The van der Waals surface area contributed by atoms with Gasteiger partial charge in [0.05, 0.1) is 17.8 Å². The first-order chi connectivity index (χ1) is 11.4. The van der Waals surface area contributed by atoms with Gasteiger partial charge in [0.2, 0.25) is 0 Å². The first-order valence-electron chi connectivity index (χ1n) is 8.05. The summed E-state index contributed by atoms with van der Waals surface area (Å²) in [7, 11) is 0. The van der Waals surface area contributed by atoms with E-state index in [1.165, 1.54) is 12.1 Å². The second-order valence-corrected chi connectivity index (χ2v) is 6.65. The first-order valence-corrected chi connectivity index (χ1v) is 8.05. The van der Waals surface area contributed by atoms with Crippen molar-refractivity contribution in [2.24, 2.45) is 0 Å². The number of hydrogen-bond acceptors (Lipinski definition) is 4. The minimum Gasteiger partial charge on any atom is -0.384 e. The SMILES string of the molecule is CC(C)(O)c1cn(C2CCN(C(=O)c3ccccc3F)CC2)nn1. The van der Waals surface area contributed by atoms with E-state index in [4.69, 9.17) is 0 Å². The highest BCUT2D eigenvalue weighted by Gasteiger charge is 2.28. The lowest BCUT2D eigenvalue weighted by atomic mass is 10.0. The molecule has 2 aromatic rings. The molecular formula is C17H21FN4O2. The molecular weight excluding hydrogens is 311 g/mol. The third-order valence-electron chi connectivity index (χ3n) is 4.37. The number of aromatic nitrogens is 3. The van der Waals surface area contributed by atoms with E-state index in [0.717, 1.165) is 12.8 Å². The molecule has 24 heavy (non-hydrogen) atoms. The molecule has 1 aromatic heterocycles. The van der Waals surface area contributed by atoms with Crippen LogP contribution >= 0.6 is 0 Å². The maximum atomic E-state index is 13.8. The molecule has 1 amide bonds. The zero-order valence-electron chi connectivity index (χ0n) is 13.8. The van der Waals surface area contributed by atoms with Crippen LogP contribution in [0, 0.1) is 5.82 Å². The molecule has 2 heterocycles. The molecule has 1 aliphatic heterocycles. The number of aliphatic hydroxyl groups is 1.